The summed E-state index contributed by atoms with van der Waals surface area (Å²) >= 11 is 1.18. The first kappa shape index (κ1) is 19.0. The number of carbonyl (C=O) groups is 2. The minimum Gasteiger partial charge on any atom is -0.380 e. The SMILES string of the molecule is COCc1c(C(=O)N(C)CC(=O)Nc2cc(C)on2)sc2cccc(F)c12. The van der Waals surface area contributed by atoms with Gasteiger partial charge in [0.05, 0.1) is 18.0 Å². The predicted molar refractivity (Wildman–Crippen MR) is 99.3 cm³/mol. The number of likely N-dealkylation sites (N-methyl/N-ethyl adjacent to an activating group) is 1. The molecule has 0 fully saturated rings. The molecule has 0 atom stereocenters. The summed E-state index contributed by atoms with van der Waals surface area (Å²) < 4.78 is 24.9. The summed E-state index contributed by atoms with van der Waals surface area (Å²) in [5, 5.41) is 6.61. The van der Waals surface area contributed by atoms with Crippen molar-refractivity contribution in [1.29, 1.82) is 0 Å². The molecule has 0 spiro atoms. The Morgan fingerprint density at radius 2 is 2.19 bits per heavy atom. The molecule has 0 aliphatic heterocycles. The van der Waals surface area contributed by atoms with Gasteiger partial charge in [0.15, 0.2) is 5.82 Å². The van der Waals surface area contributed by atoms with Gasteiger partial charge in [0.25, 0.3) is 5.91 Å². The number of aromatic nitrogens is 1. The molecule has 0 aliphatic rings. The molecule has 2 amide bonds. The number of halogens is 1. The fraction of sp³-hybridized carbons (Fsp3) is 0.278. The van der Waals surface area contributed by atoms with Gasteiger partial charge in [-0.25, -0.2) is 4.39 Å². The monoisotopic (exact) mass is 391 g/mol. The average Bonchev–Trinajstić information content (AvgIpc) is 3.19. The van der Waals surface area contributed by atoms with E-state index in [2.05, 4.69) is 10.5 Å². The fourth-order valence-electron chi connectivity index (χ4n) is 2.69. The fourth-order valence-corrected chi connectivity index (χ4v) is 3.91. The molecule has 9 heteroatoms. The smallest absolute Gasteiger partial charge is 0.264 e. The summed E-state index contributed by atoms with van der Waals surface area (Å²) in [6, 6.07) is 6.26. The molecule has 0 saturated carbocycles. The zero-order valence-corrected chi connectivity index (χ0v) is 15.9. The molecule has 2 heterocycles. The average molecular weight is 391 g/mol. The van der Waals surface area contributed by atoms with Crippen LogP contribution < -0.4 is 5.32 Å². The number of benzene rings is 1. The standard InChI is InChI=1S/C18H18FN3O4S/c1-10-7-14(21-26-10)20-15(23)8-22(2)18(24)17-11(9-25-3)16-12(19)5-4-6-13(16)27-17/h4-7H,8-9H2,1-3H3,(H,20,21,23). The van der Waals surface area contributed by atoms with E-state index in [1.54, 1.807) is 25.1 Å². The van der Waals surface area contributed by atoms with E-state index in [4.69, 9.17) is 9.26 Å². The van der Waals surface area contributed by atoms with Crippen LogP contribution in [0.25, 0.3) is 10.1 Å². The van der Waals surface area contributed by atoms with E-state index in [0.717, 1.165) is 0 Å². The normalized spacial score (nSPS) is 11.0. The van der Waals surface area contributed by atoms with E-state index in [1.165, 1.54) is 36.5 Å². The van der Waals surface area contributed by atoms with E-state index >= 15 is 0 Å². The Balaban J connectivity index is 1.81. The summed E-state index contributed by atoms with van der Waals surface area (Å²) in [7, 11) is 2.99. The number of rotatable bonds is 6. The molecule has 2 aromatic heterocycles. The molecular weight excluding hydrogens is 373 g/mol. The van der Waals surface area contributed by atoms with Crippen LogP contribution in [0.1, 0.15) is 21.0 Å². The number of thiophene rings is 1. The van der Waals surface area contributed by atoms with Crippen molar-refractivity contribution in [2.24, 2.45) is 0 Å². The summed E-state index contributed by atoms with van der Waals surface area (Å²) in [5.74, 6) is -0.362. The third kappa shape index (κ3) is 3.99. The molecule has 142 valence electrons. The van der Waals surface area contributed by atoms with Gasteiger partial charge in [-0.2, -0.15) is 0 Å². The number of amides is 2. The number of nitrogens with one attached hydrogen (secondary N) is 1. The van der Waals surface area contributed by atoms with Crippen LogP contribution in [0.5, 0.6) is 0 Å². The maximum Gasteiger partial charge on any atom is 0.264 e. The number of hydrogen-bond donors (Lipinski definition) is 1. The topological polar surface area (TPSA) is 84.7 Å². The number of nitrogens with zero attached hydrogens (tertiary/aromatic N) is 2. The van der Waals surface area contributed by atoms with Gasteiger partial charge in [-0.15, -0.1) is 11.3 Å². The van der Waals surface area contributed by atoms with E-state index in [9.17, 15) is 14.0 Å². The number of aryl methyl sites for hydroxylation is 1. The van der Waals surface area contributed by atoms with Gasteiger partial charge >= 0.3 is 0 Å². The Morgan fingerprint density at radius 3 is 2.85 bits per heavy atom. The largest absolute Gasteiger partial charge is 0.380 e. The van der Waals surface area contributed by atoms with Crippen LogP contribution >= 0.6 is 11.3 Å². The quantitative estimate of drug-likeness (QED) is 0.698. The number of ether oxygens (including phenoxy) is 1. The summed E-state index contributed by atoms with van der Waals surface area (Å²) in [6.45, 7) is 1.62. The highest BCUT2D eigenvalue weighted by Gasteiger charge is 2.24. The minimum absolute atomic E-state index is 0.0975. The highest BCUT2D eigenvalue weighted by atomic mass is 32.1. The van der Waals surface area contributed by atoms with Crippen LogP contribution in [-0.2, 0) is 16.1 Å². The maximum atomic E-state index is 14.2. The Bertz CT molecular complexity index is 998. The number of fused-ring (bicyclic) bond motifs is 1. The molecule has 0 bridgehead atoms. The lowest BCUT2D eigenvalue weighted by molar-refractivity contribution is -0.116. The van der Waals surface area contributed by atoms with Crippen molar-refractivity contribution in [1.82, 2.24) is 10.1 Å². The lowest BCUT2D eigenvalue weighted by atomic mass is 10.1. The Morgan fingerprint density at radius 1 is 1.41 bits per heavy atom. The molecule has 0 saturated heterocycles. The zero-order chi connectivity index (χ0) is 19.6. The highest BCUT2D eigenvalue weighted by Crippen LogP contribution is 2.34. The van der Waals surface area contributed by atoms with Gasteiger partial charge < -0.3 is 19.5 Å². The van der Waals surface area contributed by atoms with Gasteiger partial charge in [0.1, 0.15) is 11.6 Å². The van der Waals surface area contributed by atoms with Crippen molar-refractivity contribution >= 4 is 39.1 Å². The minimum atomic E-state index is -0.417. The van der Waals surface area contributed by atoms with Crippen LogP contribution in [0.15, 0.2) is 28.8 Å². The molecule has 3 rings (SSSR count). The van der Waals surface area contributed by atoms with E-state index in [-0.39, 0.29) is 24.9 Å². The van der Waals surface area contributed by atoms with Gasteiger partial charge in [0.2, 0.25) is 5.91 Å². The second-order valence-corrected chi connectivity index (χ2v) is 7.04. The molecule has 0 aliphatic carbocycles. The van der Waals surface area contributed by atoms with Crippen LogP contribution in [0.3, 0.4) is 0 Å². The van der Waals surface area contributed by atoms with Crippen molar-refractivity contribution in [3.05, 3.63) is 46.3 Å². The predicted octanol–water partition coefficient (Wildman–Crippen LogP) is 3.19. The van der Waals surface area contributed by atoms with Crippen LogP contribution in [0, 0.1) is 12.7 Å². The van der Waals surface area contributed by atoms with E-state index < -0.39 is 11.7 Å². The van der Waals surface area contributed by atoms with Gasteiger partial charge in [-0.1, -0.05) is 11.2 Å². The number of carbonyl (C=O) groups excluding carboxylic acids is 2. The molecule has 7 nitrogen and oxygen atoms in total. The number of anilines is 1. The first-order valence-electron chi connectivity index (χ1n) is 8.08. The Hall–Kier alpha value is -2.78. The van der Waals surface area contributed by atoms with Crippen LogP contribution in [0.4, 0.5) is 10.2 Å². The zero-order valence-electron chi connectivity index (χ0n) is 15.0. The molecule has 1 N–H and O–H groups in total. The third-order valence-corrected chi connectivity index (χ3v) is 5.05. The third-order valence-electron chi connectivity index (χ3n) is 3.87. The molecule has 1 aromatic carbocycles. The summed E-state index contributed by atoms with van der Waals surface area (Å²) in [6.07, 6.45) is 0. The van der Waals surface area contributed by atoms with Crippen molar-refractivity contribution in [2.75, 3.05) is 26.0 Å². The number of methoxy groups -OCH3 is 1. The molecule has 0 radical (unpaired) electrons. The van der Waals surface area contributed by atoms with Crippen molar-refractivity contribution in [3.63, 3.8) is 0 Å². The van der Waals surface area contributed by atoms with E-state index in [0.29, 0.717) is 26.3 Å². The lowest BCUT2D eigenvalue weighted by Crippen LogP contribution is -2.35. The van der Waals surface area contributed by atoms with Crippen molar-refractivity contribution in [2.45, 2.75) is 13.5 Å². The van der Waals surface area contributed by atoms with Crippen LogP contribution in [-0.4, -0.2) is 42.6 Å². The molecule has 0 unspecified atom stereocenters. The second kappa shape index (κ2) is 7.85. The molecule has 27 heavy (non-hydrogen) atoms. The Kier molecular flexibility index (Phi) is 5.52. The molecular formula is C18H18FN3O4S. The van der Waals surface area contributed by atoms with Gasteiger partial charge in [-0.3, -0.25) is 9.59 Å². The maximum absolute atomic E-state index is 14.2. The van der Waals surface area contributed by atoms with Crippen molar-refractivity contribution < 1.29 is 23.2 Å². The first-order valence-corrected chi connectivity index (χ1v) is 8.89. The van der Waals surface area contributed by atoms with E-state index in [1.807, 2.05) is 0 Å². The lowest BCUT2D eigenvalue weighted by Gasteiger charge is -2.16. The first-order chi connectivity index (χ1) is 12.9. The van der Waals surface area contributed by atoms with Crippen LogP contribution in [0.2, 0.25) is 0 Å². The highest BCUT2D eigenvalue weighted by molar-refractivity contribution is 7.21. The van der Waals surface area contributed by atoms with Gasteiger partial charge in [0, 0.05) is 35.9 Å². The van der Waals surface area contributed by atoms with Crippen molar-refractivity contribution in [3.8, 4) is 0 Å². The van der Waals surface area contributed by atoms with Gasteiger partial charge in [-0.05, 0) is 19.1 Å². The Labute approximate surface area is 158 Å². The number of hydrogen-bond acceptors (Lipinski definition) is 6. The molecule has 3 aromatic rings. The summed E-state index contributed by atoms with van der Waals surface area (Å²) in [5.41, 5.74) is 0.486. The summed E-state index contributed by atoms with van der Waals surface area (Å²) in [4.78, 5) is 26.6. The second-order valence-electron chi connectivity index (χ2n) is 5.99.